The molecule has 0 saturated heterocycles. The molecule has 0 aliphatic rings. The van der Waals surface area contributed by atoms with E-state index in [0.717, 1.165) is 11.3 Å². The fourth-order valence-electron chi connectivity index (χ4n) is 1.79. The highest BCUT2D eigenvalue weighted by atomic mass is 16.3. The lowest BCUT2D eigenvalue weighted by Crippen LogP contribution is -2.27. The van der Waals surface area contributed by atoms with E-state index in [0.29, 0.717) is 12.1 Å². The van der Waals surface area contributed by atoms with Crippen molar-refractivity contribution >= 4 is 11.6 Å². The van der Waals surface area contributed by atoms with Crippen LogP contribution in [0.2, 0.25) is 0 Å². The monoisotopic (exact) mass is 244 g/mol. The van der Waals surface area contributed by atoms with Gasteiger partial charge in [0.25, 0.3) is 0 Å². The summed E-state index contributed by atoms with van der Waals surface area (Å²) in [5, 5.41) is 2.88. The van der Waals surface area contributed by atoms with Crippen molar-refractivity contribution in [2.24, 2.45) is 0 Å². The highest BCUT2D eigenvalue weighted by Gasteiger charge is 2.11. The number of nitrogens with one attached hydrogen (secondary N) is 1. The van der Waals surface area contributed by atoms with Gasteiger partial charge in [-0.3, -0.25) is 4.79 Å². The molecular formula is C14H16N2O2. The zero-order valence-electron chi connectivity index (χ0n) is 10.2. The van der Waals surface area contributed by atoms with Crippen molar-refractivity contribution in [3.63, 3.8) is 0 Å². The topological polar surface area (TPSA) is 68.3 Å². The second kappa shape index (κ2) is 5.40. The van der Waals surface area contributed by atoms with Gasteiger partial charge in [-0.05, 0) is 36.8 Å². The van der Waals surface area contributed by atoms with E-state index in [4.69, 9.17) is 10.2 Å². The number of carbonyl (C=O) groups is 1. The van der Waals surface area contributed by atoms with Gasteiger partial charge in [-0.2, -0.15) is 0 Å². The maximum absolute atomic E-state index is 11.8. The van der Waals surface area contributed by atoms with Gasteiger partial charge in [-0.15, -0.1) is 0 Å². The van der Waals surface area contributed by atoms with Crippen LogP contribution in [0.1, 0.15) is 24.3 Å². The van der Waals surface area contributed by atoms with Gasteiger partial charge >= 0.3 is 0 Å². The van der Waals surface area contributed by atoms with Gasteiger partial charge in [-0.1, -0.05) is 12.1 Å². The molecule has 0 saturated carbocycles. The average Bonchev–Trinajstić information content (AvgIpc) is 2.81. The molecule has 0 aliphatic carbocycles. The molecule has 1 atom stereocenters. The van der Waals surface area contributed by atoms with Gasteiger partial charge in [0.05, 0.1) is 18.7 Å². The van der Waals surface area contributed by atoms with Crippen LogP contribution >= 0.6 is 0 Å². The number of benzene rings is 1. The fraction of sp³-hybridized carbons (Fsp3) is 0.214. The molecule has 1 aromatic heterocycles. The minimum atomic E-state index is -0.131. The predicted molar refractivity (Wildman–Crippen MR) is 69.8 cm³/mol. The third kappa shape index (κ3) is 3.13. The predicted octanol–water partition coefficient (Wildman–Crippen LogP) is 2.28. The Morgan fingerprint density at radius 3 is 2.89 bits per heavy atom. The molecule has 4 heteroatoms. The van der Waals surface area contributed by atoms with Crippen molar-refractivity contribution in [3.05, 3.63) is 54.0 Å². The summed E-state index contributed by atoms with van der Waals surface area (Å²) in [6.07, 6.45) is 1.91. The third-order valence-electron chi connectivity index (χ3n) is 2.66. The minimum absolute atomic E-state index is 0.0514. The summed E-state index contributed by atoms with van der Waals surface area (Å²) in [5.74, 6) is 0.695. The molecule has 1 aromatic carbocycles. The van der Waals surface area contributed by atoms with Crippen LogP contribution in [0.15, 0.2) is 47.1 Å². The first-order valence-electron chi connectivity index (χ1n) is 5.82. The molecule has 2 aromatic rings. The van der Waals surface area contributed by atoms with Gasteiger partial charge in [0.1, 0.15) is 5.76 Å². The van der Waals surface area contributed by atoms with Crippen LogP contribution in [0.3, 0.4) is 0 Å². The van der Waals surface area contributed by atoms with Crippen molar-refractivity contribution in [2.75, 3.05) is 5.73 Å². The quantitative estimate of drug-likeness (QED) is 0.811. The van der Waals surface area contributed by atoms with Crippen molar-refractivity contribution in [2.45, 2.75) is 19.4 Å². The first kappa shape index (κ1) is 12.2. The van der Waals surface area contributed by atoms with Crippen molar-refractivity contribution in [3.8, 4) is 0 Å². The average molecular weight is 244 g/mol. The van der Waals surface area contributed by atoms with Crippen LogP contribution in [0, 0.1) is 0 Å². The number of amides is 1. The zero-order chi connectivity index (χ0) is 13.0. The summed E-state index contributed by atoms with van der Waals surface area (Å²) in [6.45, 7) is 1.89. The molecular weight excluding hydrogens is 228 g/mol. The molecule has 0 unspecified atom stereocenters. The van der Waals surface area contributed by atoms with Gasteiger partial charge in [0.2, 0.25) is 5.91 Å². The van der Waals surface area contributed by atoms with Crippen LogP contribution in [0.25, 0.3) is 0 Å². The maximum Gasteiger partial charge on any atom is 0.225 e. The smallest absolute Gasteiger partial charge is 0.225 e. The molecule has 0 fully saturated rings. The van der Waals surface area contributed by atoms with E-state index < -0.39 is 0 Å². The SMILES string of the molecule is C[C@H](NC(=O)Cc1cccc(N)c1)c1ccco1. The van der Waals surface area contributed by atoms with E-state index in [1.165, 1.54) is 0 Å². The first-order valence-corrected chi connectivity index (χ1v) is 5.82. The van der Waals surface area contributed by atoms with Gasteiger partial charge in [0.15, 0.2) is 0 Å². The zero-order valence-corrected chi connectivity index (χ0v) is 10.2. The molecule has 0 bridgehead atoms. The number of carbonyl (C=O) groups excluding carboxylic acids is 1. The second-order valence-corrected chi connectivity index (χ2v) is 4.23. The van der Waals surface area contributed by atoms with Gasteiger partial charge in [0, 0.05) is 5.69 Å². The lowest BCUT2D eigenvalue weighted by molar-refractivity contribution is -0.121. The Morgan fingerprint density at radius 1 is 1.39 bits per heavy atom. The highest BCUT2D eigenvalue weighted by molar-refractivity contribution is 5.79. The lowest BCUT2D eigenvalue weighted by atomic mass is 10.1. The number of hydrogen-bond acceptors (Lipinski definition) is 3. The molecule has 1 heterocycles. The summed E-state index contributed by atoms with van der Waals surface area (Å²) >= 11 is 0. The summed E-state index contributed by atoms with van der Waals surface area (Å²) in [4.78, 5) is 11.8. The maximum atomic E-state index is 11.8. The fourth-order valence-corrected chi connectivity index (χ4v) is 1.79. The Bertz CT molecular complexity index is 520. The number of hydrogen-bond donors (Lipinski definition) is 2. The Hall–Kier alpha value is -2.23. The van der Waals surface area contributed by atoms with Gasteiger partial charge in [-0.25, -0.2) is 0 Å². The molecule has 0 aliphatic heterocycles. The van der Waals surface area contributed by atoms with Crippen molar-refractivity contribution in [1.82, 2.24) is 5.32 Å². The number of anilines is 1. The number of nitrogens with two attached hydrogens (primary N) is 1. The van der Waals surface area contributed by atoms with Crippen LogP contribution in [0.5, 0.6) is 0 Å². The first-order chi connectivity index (χ1) is 8.65. The van der Waals surface area contributed by atoms with Gasteiger partial charge < -0.3 is 15.5 Å². The van der Waals surface area contributed by atoms with Crippen LogP contribution in [0.4, 0.5) is 5.69 Å². The summed E-state index contributed by atoms with van der Waals surface area (Å²) in [6, 6.07) is 10.8. The Morgan fingerprint density at radius 2 is 2.22 bits per heavy atom. The Kier molecular flexibility index (Phi) is 3.67. The highest BCUT2D eigenvalue weighted by Crippen LogP contribution is 2.13. The summed E-state index contributed by atoms with van der Waals surface area (Å²) < 4.78 is 5.23. The molecule has 0 radical (unpaired) electrons. The van der Waals surface area contributed by atoms with Crippen LogP contribution < -0.4 is 11.1 Å². The number of rotatable bonds is 4. The van der Waals surface area contributed by atoms with E-state index in [-0.39, 0.29) is 11.9 Å². The molecule has 1 amide bonds. The molecule has 0 spiro atoms. The molecule has 4 nitrogen and oxygen atoms in total. The minimum Gasteiger partial charge on any atom is -0.467 e. The number of furan rings is 1. The largest absolute Gasteiger partial charge is 0.467 e. The van der Waals surface area contributed by atoms with Crippen molar-refractivity contribution in [1.29, 1.82) is 0 Å². The third-order valence-corrected chi connectivity index (χ3v) is 2.66. The number of nitrogen functional groups attached to an aromatic ring is 1. The van der Waals surface area contributed by atoms with E-state index in [1.807, 2.05) is 25.1 Å². The van der Waals surface area contributed by atoms with E-state index in [9.17, 15) is 4.79 Å². The standard InChI is InChI=1S/C14H16N2O2/c1-10(13-6-3-7-18-13)16-14(17)9-11-4-2-5-12(15)8-11/h2-8,10H,9,15H2,1H3,(H,16,17)/t10-/m0/s1. The van der Waals surface area contributed by atoms with E-state index in [1.54, 1.807) is 24.5 Å². The second-order valence-electron chi connectivity index (χ2n) is 4.23. The molecule has 94 valence electrons. The van der Waals surface area contributed by atoms with E-state index in [2.05, 4.69) is 5.32 Å². The lowest BCUT2D eigenvalue weighted by Gasteiger charge is -2.11. The Balaban J connectivity index is 1.93. The Labute approximate surface area is 106 Å². The summed E-state index contributed by atoms with van der Waals surface area (Å²) in [7, 11) is 0. The summed E-state index contributed by atoms with van der Waals surface area (Å²) in [5.41, 5.74) is 7.23. The van der Waals surface area contributed by atoms with Crippen LogP contribution in [-0.2, 0) is 11.2 Å². The normalized spacial score (nSPS) is 12.1. The van der Waals surface area contributed by atoms with E-state index >= 15 is 0 Å². The molecule has 18 heavy (non-hydrogen) atoms. The molecule has 3 N–H and O–H groups in total. The van der Waals surface area contributed by atoms with Crippen molar-refractivity contribution < 1.29 is 9.21 Å². The molecule has 2 rings (SSSR count). The van der Waals surface area contributed by atoms with Crippen LogP contribution in [-0.4, -0.2) is 5.91 Å².